The van der Waals surface area contributed by atoms with Crippen molar-refractivity contribution in [1.29, 1.82) is 0 Å². The van der Waals surface area contributed by atoms with E-state index in [1.807, 2.05) is 0 Å². The molecule has 2 bridgehead atoms. The average Bonchev–Trinajstić information content (AvgIpc) is 2.74. The van der Waals surface area contributed by atoms with Crippen molar-refractivity contribution in [2.24, 2.45) is 11.8 Å². The van der Waals surface area contributed by atoms with Crippen molar-refractivity contribution in [3.8, 4) is 0 Å². The number of halogens is 1. The molecule has 0 aliphatic carbocycles. The Labute approximate surface area is 98.8 Å². The summed E-state index contributed by atoms with van der Waals surface area (Å²) in [4.78, 5) is 13.9. The molecule has 3 heterocycles. The summed E-state index contributed by atoms with van der Waals surface area (Å²) < 4.78 is 17.5. The minimum atomic E-state index is -0.702. The van der Waals surface area contributed by atoms with Gasteiger partial charge in [0, 0.05) is 19.2 Å². The maximum absolute atomic E-state index is 12.7. The number of nitrogens with one attached hydrogen (secondary N) is 1. The van der Waals surface area contributed by atoms with E-state index in [0.29, 0.717) is 11.8 Å². The molecule has 2 atom stereocenters. The molecule has 17 heavy (non-hydrogen) atoms. The van der Waals surface area contributed by atoms with Gasteiger partial charge in [0.05, 0.1) is 0 Å². The first-order valence-electron chi connectivity index (χ1n) is 5.97. The normalized spacial score (nSPS) is 28.2. The molecule has 0 spiro atoms. The van der Waals surface area contributed by atoms with Crippen LogP contribution >= 0.6 is 0 Å². The number of amides is 1. The topological polar surface area (TPSA) is 45.5 Å². The first-order chi connectivity index (χ1) is 8.22. The average molecular weight is 238 g/mol. The number of carbonyl (C=O) groups is 1. The predicted molar refractivity (Wildman–Crippen MR) is 59.0 cm³/mol. The third-order valence-corrected chi connectivity index (χ3v) is 3.56. The van der Waals surface area contributed by atoms with Crippen LogP contribution in [0.15, 0.2) is 16.5 Å². The van der Waals surface area contributed by atoms with E-state index < -0.39 is 6.01 Å². The molecule has 1 amide bonds. The number of piperidine rings is 2. The first kappa shape index (κ1) is 10.8. The molecule has 0 aromatic carbocycles. The summed E-state index contributed by atoms with van der Waals surface area (Å²) in [6, 6.07) is 1.88. The van der Waals surface area contributed by atoms with Crippen LogP contribution in [0.3, 0.4) is 0 Å². The summed E-state index contributed by atoms with van der Waals surface area (Å²) in [5.74, 6) is 0.957. The van der Waals surface area contributed by atoms with Gasteiger partial charge >= 0.3 is 0 Å². The molecule has 1 aromatic heterocycles. The highest BCUT2D eigenvalue weighted by Gasteiger charge is 2.33. The van der Waals surface area contributed by atoms with Gasteiger partial charge in [-0.2, -0.15) is 4.39 Å². The molecule has 3 rings (SSSR count). The summed E-state index contributed by atoms with van der Waals surface area (Å²) >= 11 is 0. The van der Waals surface area contributed by atoms with Crippen LogP contribution in [0, 0.1) is 17.8 Å². The van der Waals surface area contributed by atoms with E-state index in [2.05, 4.69) is 5.32 Å². The molecule has 0 radical (unpaired) electrons. The molecule has 2 aliphatic rings. The van der Waals surface area contributed by atoms with Gasteiger partial charge < -0.3 is 14.6 Å². The second-order valence-electron chi connectivity index (χ2n) is 4.94. The van der Waals surface area contributed by atoms with Gasteiger partial charge in [-0.3, -0.25) is 4.79 Å². The van der Waals surface area contributed by atoms with E-state index in [9.17, 15) is 9.18 Å². The fourth-order valence-corrected chi connectivity index (χ4v) is 2.86. The Morgan fingerprint density at radius 3 is 2.65 bits per heavy atom. The maximum Gasteiger partial charge on any atom is 0.289 e. The van der Waals surface area contributed by atoms with Gasteiger partial charge in [-0.1, -0.05) is 0 Å². The van der Waals surface area contributed by atoms with Gasteiger partial charge in [-0.25, -0.2) is 0 Å². The Kier molecular flexibility index (Phi) is 2.63. The highest BCUT2D eigenvalue weighted by molar-refractivity contribution is 5.91. The largest absolute Gasteiger partial charge is 0.426 e. The zero-order valence-electron chi connectivity index (χ0n) is 9.49. The van der Waals surface area contributed by atoms with Gasteiger partial charge in [-0.05, 0) is 37.4 Å². The number of rotatable bonds is 1. The van der Waals surface area contributed by atoms with Crippen LogP contribution in [0.4, 0.5) is 4.39 Å². The Hall–Kier alpha value is -1.36. The monoisotopic (exact) mass is 238 g/mol. The Balaban J connectivity index is 1.74. The number of furan rings is 1. The number of hydrogen-bond acceptors (Lipinski definition) is 3. The van der Waals surface area contributed by atoms with Crippen molar-refractivity contribution in [3.63, 3.8) is 0 Å². The Bertz CT molecular complexity index is 420. The van der Waals surface area contributed by atoms with Crippen molar-refractivity contribution in [2.45, 2.75) is 6.42 Å². The van der Waals surface area contributed by atoms with E-state index in [1.54, 1.807) is 4.90 Å². The van der Waals surface area contributed by atoms with E-state index in [1.165, 1.54) is 18.6 Å². The number of nitrogens with zero attached hydrogens (tertiary/aromatic N) is 1. The van der Waals surface area contributed by atoms with Gasteiger partial charge in [-0.15, -0.1) is 0 Å². The summed E-state index contributed by atoms with van der Waals surface area (Å²) in [6.45, 7) is 3.41. The van der Waals surface area contributed by atoms with Crippen LogP contribution in [0.5, 0.6) is 0 Å². The zero-order chi connectivity index (χ0) is 11.8. The molecule has 92 valence electrons. The standard InChI is InChI=1S/C12H15FN2O2/c13-11-2-1-10(17-11)12(16)15-6-8-3-9(7-15)5-14-4-8/h1-2,8-9,14H,3-7H2/t8-,9+. The molecule has 5 heteroatoms. The maximum atomic E-state index is 12.7. The van der Waals surface area contributed by atoms with Gasteiger partial charge in [0.15, 0.2) is 5.76 Å². The fraction of sp³-hybridized carbons (Fsp3) is 0.583. The minimum Gasteiger partial charge on any atom is -0.426 e. The van der Waals surface area contributed by atoms with E-state index in [4.69, 9.17) is 4.42 Å². The molecule has 4 nitrogen and oxygen atoms in total. The molecular weight excluding hydrogens is 223 g/mol. The smallest absolute Gasteiger partial charge is 0.289 e. The van der Waals surface area contributed by atoms with Crippen molar-refractivity contribution in [1.82, 2.24) is 10.2 Å². The van der Waals surface area contributed by atoms with Gasteiger partial charge in [0.25, 0.3) is 11.9 Å². The van der Waals surface area contributed by atoms with Crippen molar-refractivity contribution in [2.75, 3.05) is 26.2 Å². The highest BCUT2D eigenvalue weighted by Crippen LogP contribution is 2.25. The second kappa shape index (κ2) is 4.14. The molecule has 2 saturated heterocycles. The van der Waals surface area contributed by atoms with Crippen LogP contribution in [0.2, 0.25) is 0 Å². The van der Waals surface area contributed by atoms with Gasteiger partial charge in [0.1, 0.15) is 0 Å². The highest BCUT2D eigenvalue weighted by atomic mass is 19.1. The summed E-state index contributed by atoms with van der Waals surface area (Å²) in [6.07, 6.45) is 1.18. The van der Waals surface area contributed by atoms with Crippen molar-refractivity contribution < 1.29 is 13.6 Å². The third-order valence-electron chi connectivity index (χ3n) is 3.56. The number of likely N-dealkylation sites (tertiary alicyclic amines) is 1. The van der Waals surface area contributed by atoms with Crippen LogP contribution in [-0.2, 0) is 0 Å². The van der Waals surface area contributed by atoms with Crippen molar-refractivity contribution >= 4 is 5.91 Å². The molecule has 0 unspecified atom stereocenters. The molecular formula is C12H15FN2O2. The van der Waals surface area contributed by atoms with Gasteiger partial charge in [0.2, 0.25) is 0 Å². The van der Waals surface area contributed by atoms with Crippen LogP contribution in [0.25, 0.3) is 0 Å². The number of hydrogen-bond donors (Lipinski definition) is 1. The lowest BCUT2D eigenvalue weighted by atomic mass is 9.86. The third kappa shape index (κ3) is 2.07. The van der Waals surface area contributed by atoms with Crippen LogP contribution in [0.1, 0.15) is 17.0 Å². The van der Waals surface area contributed by atoms with Crippen LogP contribution < -0.4 is 5.32 Å². The Morgan fingerprint density at radius 2 is 2.06 bits per heavy atom. The van der Waals surface area contributed by atoms with Crippen molar-refractivity contribution in [3.05, 3.63) is 23.9 Å². The second-order valence-corrected chi connectivity index (χ2v) is 4.94. The summed E-state index contributed by atoms with van der Waals surface area (Å²) in [7, 11) is 0. The number of fused-ring (bicyclic) bond motifs is 2. The van der Waals surface area contributed by atoms with Crippen LogP contribution in [-0.4, -0.2) is 37.0 Å². The Morgan fingerprint density at radius 1 is 1.35 bits per heavy atom. The number of carbonyl (C=O) groups excluding carboxylic acids is 1. The predicted octanol–water partition coefficient (Wildman–Crippen LogP) is 1.10. The molecule has 1 N–H and O–H groups in total. The lowest BCUT2D eigenvalue weighted by molar-refractivity contribution is 0.0500. The zero-order valence-corrected chi connectivity index (χ0v) is 9.49. The lowest BCUT2D eigenvalue weighted by Crippen LogP contribution is -2.52. The fourth-order valence-electron chi connectivity index (χ4n) is 2.86. The SMILES string of the molecule is O=C(c1ccc(F)o1)N1C[C@@H]2CNC[C@@H](C2)C1. The molecule has 2 fully saturated rings. The lowest BCUT2D eigenvalue weighted by Gasteiger charge is -2.41. The summed E-state index contributed by atoms with van der Waals surface area (Å²) in [5, 5.41) is 3.37. The van der Waals surface area contributed by atoms with E-state index >= 15 is 0 Å². The first-order valence-corrected chi connectivity index (χ1v) is 5.97. The molecule has 2 aliphatic heterocycles. The quantitative estimate of drug-likeness (QED) is 0.797. The van der Waals surface area contributed by atoms with E-state index in [-0.39, 0.29) is 11.7 Å². The molecule has 0 saturated carbocycles. The minimum absolute atomic E-state index is 0.107. The van der Waals surface area contributed by atoms with E-state index in [0.717, 1.165) is 26.2 Å². The summed E-state index contributed by atoms with van der Waals surface area (Å²) in [5.41, 5.74) is 0. The molecule has 1 aromatic rings.